The molecule has 0 bridgehead atoms. The maximum atomic E-state index is 12.6. The molecule has 150 valence electrons. The fraction of sp³-hybridized carbons (Fsp3) is 0.238. The zero-order valence-corrected chi connectivity index (χ0v) is 18.6. The monoisotopic (exact) mass is 463 g/mol. The van der Waals surface area contributed by atoms with Gasteiger partial charge in [-0.15, -0.1) is 11.3 Å². The van der Waals surface area contributed by atoms with Crippen LogP contribution in [0.2, 0.25) is 10.0 Å². The number of amides is 1. The van der Waals surface area contributed by atoms with Crippen molar-refractivity contribution in [3.63, 3.8) is 0 Å². The number of nitrogens with zero attached hydrogens (tertiary/aromatic N) is 1. The Morgan fingerprint density at radius 1 is 1.03 bits per heavy atom. The number of hydrogen-bond donors (Lipinski definition) is 2. The van der Waals surface area contributed by atoms with E-state index >= 15 is 0 Å². The summed E-state index contributed by atoms with van der Waals surface area (Å²) in [6, 6.07) is 13.4. The van der Waals surface area contributed by atoms with Crippen LogP contribution in [0.15, 0.2) is 42.5 Å². The van der Waals surface area contributed by atoms with Gasteiger partial charge in [-0.1, -0.05) is 29.3 Å². The number of nitrogens with one attached hydrogen (secondary N) is 2. The van der Waals surface area contributed by atoms with Crippen LogP contribution in [0.25, 0.3) is 10.1 Å². The Hall–Kier alpha value is -1.86. The maximum Gasteiger partial charge on any atom is 0.269 e. The standard InChI is InChI=1S/C21H19Cl2N3OS2/c22-13-4-9-16-17(12-13)29-19(18(16)23)20(27)25-21(28)24-14-5-7-15(8-6-14)26-10-2-1-3-11-26/h4-9,12H,1-3,10-11H2,(H2,24,25,27,28). The van der Waals surface area contributed by atoms with Crippen molar-refractivity contribution >= 4 is 79.2 Å². The lowest BCUT2D eigenvalue weighted by atomic mass is 10.1. The molecule has 1 amide bonds. The summed E-state index contributed by atoms with van der Waals surface area (Å²) in [6.45, 7) is 2.20. The van der Waals surface area contributed by atoms with E-state index < -0.39 is 0 Å². The van der Waals surface area contributed by atoms with Crippen molar-refractivity contribution in [3.8, 4) is 0 Å². The predicted molar refractivity (Wildman–Crippen MR) is 128 cm³/mol. The number of rotatable bonds is 3. The number of carbonyl (C=O) groups is 1. The van der Waals surface area contributed by atoms with Gasteiger partial charge in [0.25, 0.3) is 5.91 Å². The largest absolute Gasteiger partial charge is 0.372 e. The summed E-state index contributed by atoms with van der Waals surface area (Å²) in [5.74, 6) is -0.338. The summed E-state index contributed by atoms with van der Waals surface area (Å²) in [5, 5.41) is 7.81. The third kappa shape index (κ3) is 4.67. The molecule has 29 heavy (non-hydrogen) atoms. The Morgan fingerprint density at radius 3 is 2.48 bits per heavy atom. The van der Waals surface area contributed by atoms with Gasteiger partial charge in [0.05, 0.1) is 5.02 Å². The smallest absolute Gasteiger partial charge is 0.269 e. The Labute approximate surface area is 188 Å². The number of carbonyl (C=O) groups excluding carboxylic acids is 1. The molecule has 1 saturated heterocycles. The van der Waals surface area contributed by atoms with Crippen molar-refractivity contribution in [1.29, 1.82) is 0 Å². The van der Waals surface area contributed by atoms with Crippen LogP contribution >= 0.6 is 46.8 Å². The first-order valence-corrected chi connectivity index (χ1v) is 11.3. The van der Waals surface area contributed by atoms with Gasteiger partial charge in [-0.2, -0.15) is 0 Å². The zero-order valence-electron chi connectivity index (χ0n) is 15.5. The number of piperidine rings is 1. The maximum absolute atomic E-state index is 12.6. The number of benzene rings is 2. The van der Waals surface area contributed by atoms with Crippen molar-refractivity contribution in [1.82, 2.24) is 5.32 Å². The molecule has 0 aliphatic carbocycles. The Bertz CT molecular complexity index is 1060. The molecule has 0 atom stereocenters. The van der Waals surface area contributed by atoms with Gasteiger partial charge < -0.3 is 10.2 Å². The fourth-order valence-electron chi connectivity index (χ4n) is 3.41. The average Bonchev–Trinajstić information content (AvgIpc) is 3.05. The van der Waals surface area contributed by atoms with Crippen molar-refractivity contribution in [2.75, 3.05) is 23.3 Å². The molecule has 1 aromatic heterocycles. The number of halogens is 2. The molecule has 1 aliphatic heterocycles. The fourth-order valence-corrected chi connectivity index (χ4v) is 5.31. The summed E-state index contributed by atoms with van der Waals surface area (Å²) in [7, 11) is 0. The predicted octanol–water partition coefficient (Wildman–Crippen LogP) is 6.33. The molecule has 1 fully saturated rings. The van der Waals surface area contributed by atoms with Crippen LogP contribution < -0.4 is 15.5 Å². The minimum atomic E-state index is -0.338. The van der Waals surface area contributed by atoms with Crippen molar-refractivity contribution in [3.05, 3.63) is 57.4 Å². The first-order chi connectivity index (χ1) is 14.0. The van der Waals surface area contributed by atoms with E-state index in [0.29, 0.717) is 14.9 Å². The van der Waals surface area contributed by atoms with Gasteiger partial charge in [0.15, 0.2) is 5.11 Å². The molecule has 4 rings (SSSR count). The molecule has 2 heterocycles. The SMILES string of the molecule is O=C(NC(=S)Nc1ccc(N2CCCCC2)cc1)c1sc2cc(Cl)ccc2c1Cl. The van der Waals surface area contributed by atoms with Crippen LogP contribution in [-0.4, -0.2) is 24.1 Å². The Kier molecular flexibility index (Phi) is 6.25. The third-order valence-electron chi connectivity index (χ3n) is 4.87. The second-order valence-electron chi connectivity index (χ2n) is 6.89. The van der Waals surface area contributed by atoms with Crippen molar-refractivity contribution < 1.29 is 4.79 Å². The Morgan fingerprint density at radius 2 is 1.76 bits per heavy atom. The highest BCUT2D eigenvalue weighted by atomic mass is 35.5. The normalized spacial score (nSPS) is 14.1. The van der Waals surface area contributed by atoms with Crippen LogP contribution in [-0.2, 0) is 0 Å². The minimum Gasteiger partial charge on any atom is -0.372 e. The summed E-state index contributed by atoms with van der Waals surface area (Å²) in [5.41, 5.74) is 2.03. The van der Waals surface area contributed by atoms with Gasteiger partial charge in [0.2, 0.25) is 0 Å². The third-order valence-corrected chi connectivity index (χ3v) is 6.97. The number of thiophene rings is 1. The molecule has 0 radical (unpaired) electrons. The Balaban J connectivity index is 1.40. The van der Waals surface area contributed by atoms with Crippen LogP contribution in [0.1, 0.15) is 28.9 Å². The molecule has 0 saturated carbocycles. The second kappa shape index (κ2) is 8.88. The molecule has 1 aliphatic rings. The summed E-state index contributed by atoms with van der Waals surface area (Å²) in [4.78, 5) is 15.4. The van der Waals surface area contributed by atoms with E-state index in [4.69, 9.17) is 35.4 Å². The molecule has 0 spiro atoms. The van der Waals surface area contributed by atoms with E-state index in [1.54, 1.807) is 12.1 Å². The van der Waals surface area contributed by atoms with Crippen LogP contribution in [0, 0.1) is 0 Å². The molecule has 4 nitrogen and oxygen atoms in total. The molecular weight excluding hydrogens is 445 g/mol. The first-order valence-electron chi connectivity index (χ1n) is 9.36. The first kappa shape index (κ1) is 20.4. The summed E-state index contributed by atoms with van der Waals surface area (Å²) < 4.78 is 0.861. The van der Waals surface area contributed by atoms with Crippen LogP contribution in [0.5, 0.6) is 0 Å². The summed E-state index contributed by atoms with van der Waals surface area (Å²) >= 11 is 19.0. The molecule has 8 heteroatoms. The van der Waals surface area contributed by atoms with Crippen molar-refractivity contribution in [2.45, 2.75) is 19.3 Å². The van der Waals surface area contributed by atoms with Crippen LogP contribution in [0.4, 0.5) is 11.4 Å². The average molecular weight is 464 g/mol. The molecular formula is C21H19Cl2N3OS2. The molecule has 3 aromatic rings. The highest BCUT2D eigenvalue weighted by Gasteiger charge is 2.18. The van der Waals surface area contributed by atoms with E-state index in [9.17, 15) is 4.79 Å². The molecule has 2 N–H and O–H groups in total. The molecule has 2 aromatic carbocycles. The highest BCUT2D eigenvalue weighted by molar-refractivity contribution is 7.80. The van der Waals surface area contributed by atoms with E-state index in [-0.39, 0.29) is 11.0 Å². The van der Waals surface area contributed by atoms with Gasteiger partial charge in [-0.3, -0.25) is 10.1 Å². The van der Waals surface area contributed by atoms with E-state index in [0.717, 1.165) is 28.9 Å². The lowest BCUT2D eigenvalue weighted by molar-refractivity contribution is 0.0982. The lowest BCUT2D eigenvalue weighted by Crippen LogP contribution is -2.33. The van der Waals surface area contributed by atoms with Gasteiger partial charge >= 0.3 is 0 Å². The van der Waals surface area contributed by atoms with E-state index in [1.165, 1.54) is 36.3 Å². The number of anilines is 2. The molecule has 0 unspecified atom stereocenters. The topological polar surface area (TPSA) is 44.4 Å². The lowest BCUT2D eigenvalue weighted by Gasteiger charge is -2.28. The highest BCUT2D eigenvalue weighted by Crippen LogP contribution is 2.36. The van der Waals surface area contributed by atoms with Gasteiger partial charge in [0, 0.05) is 39.6 Å². The quantitative estimate of drug-likeness (QED) is 0.445. The second-order valence-corrected chi connectivity index (χ2v) is 9.16. The zero-order chi connectivity index (χ0) is 20.4. The van der Waals surface area contributed by atoms with Gasteiger partial charge in [-0.05, 0) is 67.9 Å². The number of hydrogen-bond acceptors (Lipinski definition) is 4. The van der Waals surface area contributed by atoms with Crippen LogP contribution in [0.3, 0.4) is 0 Å². The van der Waals surface area contributed by atoms with Crippen molar-refractivity contribution in [2.24, 2.45) is 0 Å². The van der Waals surface area contributed by atoms with Gasteiger partial charge in [-0.25, -0.2) is 0 Å². The summed E-state index contributed by atoms with van der Waals surface area (Å²) in [6.07, 6.45) is 3.78. The number of thiocarbonyl (C=S) groups is 1. The van der Waals surface area contributed by atoms with E-state index in [1.807, 2.05) is 18.2 Å². The number of fused-ring (bicyclic) bond motifs is 1. The minimum absolute atomic E-state index is 0.229. The van der Waals surface area contributed by atoms with E-state index in [2.05, 4.69) is 27.7 Å². The van der Waals surface area contributed by atoms with Gasteiger partial charge in [0.1, 0.15) is 4.88 Å².